The first kappa shape index (κ1) is 19.6. The van der Waals surface area contributed by atoms with Crippen LogP contribution in [0.15, 0.2) is 76.4 Å². The first-order valence-electron chi connectivity index (χ1n) is 8.58. The van der Waals surface area contributed by atoms with E-state index in [0.717, 1.165) is 5.56 Å². The summed E-state index contributed by atoms with van der Waals surface area (Å²) in [5, 5.41) is 6.21. The zero-order valence-corrected chi connectivity index (χ0v) is 15.4. The van der Waals surface area contributed by atoms with Crippen LogP contribution in [0.25, 0.3) is 0 Å². The van der Waals surface area contributed by atoms with E-state index in [0.29, 0.717) is 11.3 Å². The summed E-state index contributed by atoms with van der Waals surface area (Å²) in [6.07, 6.45) is 2.63. The number of hydrazone groups is 1. The van der Waals surface area contributed by atoms with Crippen LogP contribution in [0.5, 0.6) is 5.75 Å². The second-order valence-electron chi connectivity index (χ2n) is 5.92. The molecule has 1 heterocycles. The molecule has 146 valence electrons. The molecule has 0 aliphatic rings. The van der Waals surface area contributed by atoms with Crippen molar-refractivity contribution in [2.75, 3.05) is 5.32 Å². The van der Waals surface area contributed by atoms with Gasteiger partial charge in [-0.2, -0.15) is 5.10 Å². The van der Waals surface area contributed by atoms with E-state index in [2.05, 4.69) is 15.8 Å². The van der Waals surface area contributed by atoms with Crippen LogP contribution in [0.3, 0.4) is 0 Å². The van der Waals surface area contributed by atoms with Gasteiger partial charge < -0.3 is 14.5 Å². The fraction of sp³-hybridized carbons (Fsp3) is 0.0476. The van der Waals surface area contributed by atoms with Gasteiger partial charge >= 0.3 is 17.8 Å². The molecule has 0 saturated carbocycles. The molecule has 0 unspecified atom stereocenters. The lowest BCUT2D eigenvalue weighted by Crippen LogP contribution is -2.32. The van der Waals surface area contributed by atoms with Crippen LogP contribution in [0.2, 0.25) is 0 Å². The first-order valence-corrected chi connectivity index (χ1v) is 8.58. The van der Waals surface area contributed by atoms with Gasteiger partial charge in [0.05, 0.1) is 12.5 Å². The Morgan fingerprint density at radius 3 is 2.45 bits per heavy atom. The summed E-state index contributed by atoms with van der Waals surface area (Å²) in [6, 6.07) is 16.6. The van der Waals surface area contributed by atoms with Gasteiger partial charge in [-0.1, -0.05) is 29.8 Å². The van der Waals surface area contributed by atoms with Crippen LogP contribution in [-0.2, 0) is 9.59 Å². The fourth-order valence-corrected chi connectivity index (χ4v) is 2.26. The van der Waals surface area contributed by atoms with Gasteiger partial charge in [-0.05, 0) is 43.3 Å². The highest BCUT2D eigenvalue weighted by Crippen LogP contribution is 2.17. The van der Waals surface area contributed by atoms with Gasteiger partial charge in [0.15, 0.2) is 0 Å². The molecule has 0 atom stereocenters. The van der Waals surface area contributed by atoms with E-state index >= 15 is 0 Å². The van der Waals surface area contributed by atoms with Crippen molar-refractivity contribution in [3.8, 4) is 5.75 Å². The number of nitrogens with one attached hydrogen (secondary N) is 2. The molecule has 0 radical (unpaired) electrons. The Morgan fingerprint density at radius 2 is 1.72 bits per heavy atom. The monoisotopic (exact) mass is 391 g/mol. The lowest BCUT2D eigenvalue weighted by molar-refractivity contribution is -0.136. The third-order valence-electron chi connectivity index (χ3n) is 3.73. The van der Waals surface area contributed by atoms with Gasteiger partial charge in [0.25, 0.3) is 0 Å². The van der Waals surface area contributed by atoms with Gasteiger partial charge in [0.1, 0.15) is 5.75 Å². The van der Waals surface area contributed by atoms with Gasteiger partial charge in [-0.25, -0.2) is 10.2 Å². The number of hydrogen-bond donors (Lipinski definition) is 2. The molecule has 0 fully saturated rings. The smallest absolute Gasteiger partial charge is 0.379 e. The quantitative estimate of drug-likeness (QED) is 0.228. The van der Waals surface area contributed by atoms with Crippen molar-refractivity contribution < 1.29 is 23.5 Å². The van der Waals surface area contributed by atoms with Crippen LogP contribution in [-0.4, -0.2) is 24.0 Å². The minimum atomic E-state index is -0.938. The van der Waals surface area contributed by atoms with Crippen molar-refractivity contribution in [1.29, 1.82) is 0 Å². The molecule has 2 N–H and O–H groups in total. The van der Waals surface area contributed by atoms with E-state index in [9.17, 15) is 14.4 Å². The van der Waals surface area contributed by atoms with E-state index in [1.165, 1.54) is 18.5 Å². The van der Waals surface area contributed by atoms with Crippen molar-refractivity contribution in [2.24, 2.45) is 5.10 Å². The Morgan fingerprint density at radius 1 is 0.966 bits per heavy atom. The highest BCUT2D eigenvalue weighted by Gasteiger charge is 2.14. The number of aryl methyl sites for hydroxylation is 1. The summed E-state index contributed by atoms with van der Waals surface area (Å²) in [6.45, 7) is 1.91. The number of rotatable bonds is 5. The van der Waals surface area contributed by atoms with E-state index in [4.69, 9.17) is 9.15 Å². The normalized spacial score (nSPS) is 10.5. The number of benzene rings is 2. The molecule has 3 aromatic rings. The number of anilines is 1. The first-order chi connectivity index (χ1) is 14.0. The van der Waals surface area contributed by atoms with Gasteiger partial charge in [0.2, 0.25) is 5.76 Å². The predicted molar refractivity (Wildman–Crippen MR) is 106 cm³/mol. The molecular formula is C21H17N3O5. The van der Waals surface area contributed by atoms with Crippen molar-refractivity contribution in [3.05, 3.63) is 83.8 Å². The zero-order valence-electron chi connectivity index (χ0n) is 15.4. The van der Waals surface area contributed by atoms with Crippen molar-refractivity contribution in [1.82, 2.24) is 5.43 Å². The third kappa shape index (κ3) is 5.39. The SMILES string of the molecule is Cc1ccc(NC(=O)C(=O)N/N=C/c2ccccc2OC(=O)c2ccco2)cc1. The van der Waals surface area contributed by atoms with Crippen molar-refractivity contribution in [3.63, 3.8) is 0 Å². The standard InChI is InChI=1S/C21H17N3O5/c1-14-8-10-16(11-9-14)23-19(25)20(26)24-22-13-15-5-2-3-6-17(15)29-21(27)18-7-4-12-28-18/h2-13H,1H3,(H,23,25)(H,24,26)/b22-13+. The summed E-state index contributed by atoms with van der Waals surface area (Å²) >= 11 is 0. The molecule has 29 heavy (non-hydrogen) atoms. The maximum atomic E-state index is 12.0. The number of furan rings is 1. The van der Waals surface area contributed by atoms with Crippen LogP contribution in [0.1, 0.15) is 21.7 Å². The Bertz CT molecular complexity index is 1040. The van der Waals surface area contributed by atoms with E-state index < -0.39 is 17.8 Å². The maximum Gasteiger partial charge on any atom is 0.379 e. The Balaban J connectivity index is 1.59. The average molecular weight is 391 g/mol. The number of hydrogen-bond acceptors (Lipinski definition) is 6. The van der Waals surface area contributed by atoms with Gasteiger partial charge in [0, 0.05) is 11.3 Å². The van der Waals surface area contributed by atoms with Crippen molar-refractivity contribution in [2.45, 2.75) is 6.92 Å². The number of carbonyl (C=O) groups excluding carboxylic acids is 3. The zero-order chi connectivity index (χ0) is 20.6. The minimum Gasteiger partial charge on any atom is -0.457 e. The summed E-state index contributed by atoms with van der Waals surface area (Å²) in [5.74, 6) is -2.19. The van der Waals surface area contributed by atoms with E-state index in [1.54, 1.807) is 42.5 Å². The van der Waals surface area contributed by atoms with Crippen LogP contribution < -0.4 is 15.5 Å². The number of nitrogens with zero attached hydrogens (tertiary/aromatic N) is 1. The number of carbonyl (C=O) groups is 3. The lowest BCUT2D eigenvalue weighted by atomic mass is 10.2. The molecule has 0 aliphatic carbocycles. The fourth-order valence-electron chi connectivity index (χ4n) is 2.26. The molecule has 8 heteroatoms. The molecule has 8 nitrogen and oxygen atoms in total. The molecule has 0 aliphatic heterocycles. The van der Waals surface area contributed by atoms with Crippen molar-refractivity contribution >= 4 is 29.7 Å². The highest BCUT2D eigenvalue weighted by atomic mass is 16.5. The molecule has 2 amide bonds. The van der Waals surface area contributed by atoms with E-state index in [1.807, 2.05) is 19.1 Å². The molecule has 0 bridgehead atoms. The highest BCUT2D eigenvalue weighted by molar-refractivity contribution is 6.39. The molecule has 2 aromatic carbocycles. The van der Waals surface area contributed by atoms with Gasteiger partial charge in [-0.3, -0.25) is 9.59 Å². The lowest BCUT2D eigenvalue weighted by Gasteiger charge is -2.06. The largest absolute Gasteiger partial charge is 0.457 e. The van der Waals surface area contributed by atoms with Crippen LogP contribution >= 0.6 is 0 Å². The van der Waals surface area contributed by atoms with Crippen LogP contribution in [0.4, 0.5) is 5.69 Å². The second-order valence-corrected chi connectivity index (χ2v) is 5.92. The topological polar surface area (TPSA) is 110 Å². The maximum absolute atomic E-state index is 12.0. The summed E-state index contributed by atoms with van der Waals surface area (Å²) in [5.41, 5.74) is 4.08. The Hall–Kier alpha value is -4.20. The summed E-state index contributed by atoms with van der Waals surface area (Å²) in [7, 11) is 0. The number of para-hydroxylation sites is 1. The predicted octanol–water partition coefficient (Wildman–Crippen LogP) is 2.90. The van der Waals surface area contributed by atoms with Gasteiger partial charge in [-0.15, -0.1) is 0 Å². The molecule has 0 saturated heterocycles. The third-order valence-corrected chi connectivity index (χ3v) is 3.73. The number of amides is 2. The number of esters is 1. The molecular weight excluding hydrogens is 374 g/mol. The van der Waals surface area contributed by atoms with E-state index in [-0.39, 0.29) is 11.5 Å². The number of ether oxygens (including phenoxy) is 1. The second kappa shape index (κ2) is 9.14. The Kier molecular flexibility index (Phi) is 6.16. The Labute approximate surface area is 166 Å². The summed E-state index contributed by atoms with van der Waals surface area (Å²) < 4.78 is 10.3. The molecule has 3 rings (SSSR count). The minimum absolute atomic E-state index is 0.0535. The van der Waals surface area contributed by atoms with Crippen LogP contribution in [0, 0.1) is 6.92 Å². The molecule has 1 aromatic heterocycles. The molecule has 0 spiro atoms. The summed E-state index contributed by atoms with van der Waals surface area (Å²) in [4.78, 5) is 35.8. The average Bonchev–Trinajstić information content (AvgIpc) is 3.26.